The Morgan fingerprint density at radius 2 is 0.967 bits per heavy atom. The molecule has 0 bridgehead atoms. The summed E-state index contributed by atoms with van der Waals surface area (Å²) in [6, 6.07) is 67.9. The van der Waals surface area contributed by atoms with Crippen molar-refractivity contribution in [3.05, 3.63) is 199 Å². The van der Waals surface area contributed by atoms with Gasteiger partial charge in [-0.3, -0.25) is 0 Å². The fourth-order valence-corrected chi connectivity index (χ4v) is 8.54. The van der Waals surface area contributed by atoms with Gasteiger partial charge in [0.1, 0.15) is 6.07 Å². The molecule has 0 aliphatic heterocycles. The molecule has 0 radical (unpaired) electrons. The smallest absolute Gasteiger partial charge is 0.164 e. The van der Waals surface area contributed by atoms with Crippen molar-refractivity contribution in [1.82, 2.24) is 24.1 Å². The number of nitriles is 2. The maximum Gasteiger partial charge on any atom is 0.164 e. The molecule has 0 aliphatic rings. The standard InChI is InChI=1S/C53H31N7/c54-32-34-28-38(35-14-4-1-5-15-35)31-39(29-34)53-57-51(36-16-6-2-7-17-36)56-52(58-53)37-24-26-45(40(30-37)33-55)60-46-22-12-10-20-42(46)43-25-27-48-49(50(43)60)44-21-11-13-23-47(44)59(48)41-18-8-3-9-19-41/h1-31H. The lowest BCUT2D eigenvalue weighted by Crippen LogP contribution is -2.02. The van der Waals surface area contributed by atoms with Gasteiger partial charge in [0.25, 0.3) is 0 Å². The first-order chi connectivity index (χ1) is 29.7. The molecule has 11 aromatic rings. The zero-order valence-electron chi connectivity index (χ0n) is 32.0. The Bertz CT molecular complexity index is 3550. The van der Waals surface area contributed by atoms with Crippen molar-refractivity contribution in [2.24, 2.45) is 0 Å². The number of benzene rings is 8. The SMILES string of the molecule is N#Cc1cc(-c2ccccc2)cc(-c2nc(-c3ccccc3)nc(-c3ccc(-n4c5ccccc5c5ccc6c(c7ccccc7n6-c6ccccc6)c54)c(C#N)c3)n2)c1. The van der Waals surface area contributed by atoms with Crippen LogP contribution in [0.5, 0.6) is 0 Å². The van der Waals surface area contributed by atoms with E-state index in [1.807, 2.05) is 109 Å². The zero-order valence-corrected chi connectivity index (χ0v) is 32.0. The van der Waals surface area contributed by atoms with Crippen molar-refractivity contribution in [2.45, 2.75) is 0 Å². The summed E-state index contributed by atoms with van der Waals surface area (Å²) < 4.78 is 4.56. The summed E-state index contributed by atoms with van der Waals surface area (Å²) in [6.45, 7) is 0. The highest BCUT2D eigenvalue weighted by molar-refractivity contribution is 6.26. The maximum absolute atomic E-state index is 11.0. The molecule has 0 atom stereocenters. The predicted octanol–water partition coefficient (Wildman–Crippen LogP) is 12.5. The molecule has 0 amide bonds. The average molecular weight is 766 g/mol. The van der Waals surface area contributed by atoms with Gasteiger partial charge in [0, 0.05) is 43.9 Å². The third-order valence-electron chi connectivity index (χ3n) is 11.2. The lowest BCUT2D eigenvalue weighted by Gasteiger charge is -2.13. The van der Waals surface area contributed by atoms with Crippen LogP contribution < -0.4 is 0 Å². The second-order valence-corrected chi connectivity index (χ2v) is 14.7. The minimum Gasteiger partial charge on any atom is -0.309 e. The molecule has 0 fully saturated rings. The van der Waals surface area contributed by atoms with Gasteiger partial charge < -0.3 is 9.13 Å². The van der Waals surface area contributed by atoms with Crippen LogP contribution in [0.1, 0.15) is 11.1 Å². The Hall–Kier alpha value is -8.65. The molecule has 0 saturated carbocycles. The summed E-state index contributed by atoms with van der Waals surface area (Å²) in [6.07, 6.45) is 0. The van der Waals surface area contributed by atoms with Crippen molar-refractivity contribution in [3.63, 3.8) is 0 Å². The van der Waals surface area contributed by atoms with Crippen LogP contribution in [0, 0.1) is 22.7 Å². The molecule has 11 rings (SSSR count). The highest BCUT2D eigenvalue weighted by atomic mass is 15.0. The van der Waals surface area contributed by atoms with E-state index in [1.54, 1.807) is 0 Å². The van der Waals surface area contributed by atoms with Crippen LogP contribution in [0.3, 0.4) is 0 Å². The highest BCUT2D eigenvalue weighted by Gasteiger charge is 2.23. The molecule has 278 valence electrons. The van der Waals surface area contributed by atoms with Crippen LogP contribution in [0.15, 0.2) is 188 Å². The van der Waals surface area contributed by atoms with E-state index in [9.17, 15) is 10.5 Å². The minimum atomic E-state index is 0.418. The number of aromatic nitrogens is 5. The normalized spacial score (nSPS) is 11.3. The van der Waals surface area contributed by atoms with Crippen LogP contribution >= 0.6 is 0 Å². The van der Waals surface area contributed by atoms with Crippen molar-refractivity contribution < 1.29 is 0 Å². The van der Waals surface area contributed by atoms with Gasteiger partial charge >= 0.3 is 0 Å². The second kappa shape index (κ2) is 14.1. The molecular formula is C53H31N7. The molecule has 7 nitrogen and oxygen atoms in total. The third kappa shape index (κ3) is 5.61. The van der Waals surface area contributed by atoms with Gasteiger partial charge in [-0.25, -0.2) is 15.0 Å². The van der Waals surface area contributed by atoms with E-state index in [0.29, 0.717) is 39.7 Å². The van der Waals surface area contributed by atoms with Crippen LogP contribution in [-0.4, -0.2) is 24.1 Å². The molecule has 60 heavy (non-hydrogen) atoms. The van der Waals surface area contributed by atoms with Crippen molar-refractivity contribution in [1.29, 1.82) is 10.5 Å². The van der Waals surface area contributed by atoms with Crippen LogP contribution in [0.2, 0.25) is 0 Å². The zero-order chi connectivity index (χ0) is 40.2. The topological polar surface area (TPSA) is 96.1 Å². The molecule has 3 aromatic heterocycles. The Labute approximate surface area is 345 Å². The summed E-state index contributed by atoms with van der Waals surface area (Å²) in [4.78, 5) is 15.0. The second-order valence-electron chi connectivity index (χ2n) is 14.7. The summed E-state index contributed by atoms with van der Waals surface area (Å²) in [5, 5.41) is 25.5. The molecule has 7 heteroatoms. The van der Waals surface area contributed by atoms with E-state index in [1.165, 1.54) is 0 Å². The number of para-hydroxylation sites is 3. The number of rotatable bonds is 6. The molecule has 0 spiro atoms. The Morgan fingerprint density at radius 1 is 0.383 bits per heavy atom. The lowest BCUT2D eigenvalue weighted by molar-refractivity contribution is 1.07. The Kier molecular flexibility index (Phi) is 8.11. The first-order valence-electron chi connectivity index (χ1n) is 19.6. The molecule has 0 aliphatic carbocycles. The van der Waals surface area contributed by atoms with Crippen LogP contribution in [-0.2, 0) is 0 Å². The summed E-state index contributed by atoms with van der Waals surface area (Å²) in [5.74, 6) is 1.33. The molecule has 0 N–H and O–H groups in total. The molecule has 3 heterocycles. The van der Waals surface area contributed by atoms with Crippen molar-refractivity contribution >= 4 is 43.6 Å². The van der Waals surface area contributed by atoms with Crippen LogP contribution in [0.25, 0.3) is 100 Å². The molecule has 0 unspecified atom stereocenters. The van der Waals surface area contributed by atoms with E-state index < -0.39 is 0 Å². The van der Waals surface area contributed by atoms with Gasteiger partial charge in [-0.15, -0.1) is 0 Å². The lowest BCUT2D eigenvalue weighted by atomic mass is 9.99. The van der Waals surface area contributed by atoms with E-state index in [2.05, 4.69) is 100 Å². The van der Waals surface area contributed by atoms with Crippen LogP contribution in [0.4, 0.5) is 0 Å². The largest absolute Gasteiger partial charge is 0.309 e. The number of hydrogen-bond donors (Lipinski definition) is 0. The van der Waals surface area contributed by atoms with Gasteiger partial charge in [-0.05, 0) is 77.9 Å². The minimum absolute atomic E-state index is 0.418. The molecule has 8 aromatic carbocycles. The monoisotopic (exact) mass is 765 g/mol. The summed E-state index contributed by atoms with van der Waals surface area (Å²) >= 11 is 0. The van der Waals surface area contributed by atoms with Gasteiger partial charge in [-0.2, -0.15) is 10.5 Å². The molecule has 0 saturated heterocycles. The average Bonchev–Trinajstić information content (AvgIpc) is 3.85. The fraction of sp³-hybridized carbons (Fsp3) is 0. The number of fused-ring (bicyclic) bond motifs is 7. The predicted molar refractivity (Wildman–Crippen MR) is 240 cm³/mol. The van der Waals surface area contributed by atoms with E-state index >= 15 is 0 Å². The van der Waals surface area contributed by atoms with Gasteiger partial charge in [0.15, 0.2) is 17.5 Å². The summed E-state index contributed by atoms with van der Waals surface area (Å²) in [5.41, 5.74) is 11.1. The first-order valence-corrected chi connectivity index (χ1v) is 19.6. The Morgan fingerprint density at radius 3 is 1.67 bits per heavy atom. The quantitative estimate of drug-likeness (QED) is 0.168. The first kappa shape index (κ1) is 34.6. The van der Waals surface area contributed by atoms with E-state index in [4.69, 9.17) is 15.0 Å². The van der Waals surface area contributed by atoms with Gasteiger partial charge in [0.2, 0.25) is 0 Å². The number of nitrogens with zero attached hydrogens (tertiary/aromatic N) is 7. The summed E-state index contributed by atoms with van der Waals surface area (Å²) in [7, 11) is 0. The third-order valence-corrected chi connectivity index (χ3v) is 11.2. The molecular weight excluding hydrogens is 735 g/mol. The van der Waals surface area contributed by atoms with E-state index in [0.717, 1.165) is 71.7 Å². The van der Waals surface area contributed by atoms with Gasteiger partial charge in [0.05, 0.1) is 45.0 Å². The van der Waals surface area contributed by atoms with Crippen molar-refractivity contribution in [3.8, 4) is 68.8 Å². The maximum atomic E-state index is 11.0. The number of hydrogen-bond acceptors (Lipinski definition) is 5. The van der Waals surface area contributed by atoms with E-state index in [-0.39, 0.29) is 0 Å². The van der Waals surface area contributed by atoms with Crippen molar-refractivity contribution in [2.75, 3.05) is 0 Å². The Balaban J connectivity index is 1.14. The van der Waals surface area contributed by atoms with Gasteiger partial charge in [-0.1, -0.05) is 121 Å². The highest BCUT2D eigenvalue weighted by Crippen LogP contribution is 2.42. The fourth-order valence-electron chi connectivity index (χ4n) is 8.54.